The maximum atomic E-state index is 12.2. The summed E-state index contributed by atoms with van der Waals surface area (Å²) >= 11 is 0. The summed E-state index contributed by atoms with van der Waals surface area (Å²) in [4.78, 5) is 60.2. The van der Waals surface area contributed by atoms with Crippen LogP contribution < -0.4 is 5.32 Å². The number of nitrogens with one attached hydrogen (secondary N) is 1. The van der Waals surface area contributed by atoms with Crippen LogP contribution in [0.1, 0.15) is 66.7 Å². The molecule has 0 aliphatic carbocycles. The van der Waals surface area contributed by atoms with Crippen molar-refractivity contribution in [2.45, 2.75) is 97.4 Å². The molecule has 1 saturated heterocycles. The number of amides is 1. The van der Waals surface area contributed by atoms with Crippen molar-refractivity contribution in [3.05, 3.63) is 0 Å². The van der Waals surface area contributed by atoms with Crippen LogP contribution in [0.5, 0.6) is 0 Å². The highest BCUT2D eigenvalue weighted by atomic mass is 16.7. The highest BCUT2D eigenvalue weighted by Crippen LogP contribution is 2.28. The first kappa shape index (κ1) is 27.3. The van der Waals surface area contributed by atoms with Gasteiger partial charge in [-0.1, -0.05) is 34.6 Å². The lowest BCUT2D eigenvalue weighted by molar-refractivity contribution is -0.272. The molecule has 1 rings (SSSR count). The first-order valence-corrected chi connectivity index (χ1v) is 10.9. The van der Waals surface area contributed by atoms with E-state index < -0.39 is 60.4 Å². The number of ether oxygens (including phenoxy) is 5. The van der Waals surface area contributed by atoms with E-state index >= 15 is 0 Å². The van der Waals surface area contributed by atoms with E-state index in [2.05, 4.69) is 5.32 Å². The molecule has 0 radical (unpaired) electrons. The monoisotopic (exact) mass is 459 g/mol. The number of carbonyl (C=O) groups excluding carboxylic acids is 5. The molecule has 0 saturated carbocycles. The number of hydrogen-bond donors (Lipinski definition) is 1. The molecule has 0 aromatic rings. The fraction of sp³-hybridized carbons (Fsp3) is 0.762. The third-order valence-electron chi connectivity index (χ3n) is 4.64. The molecule has 182 valence electrons. The summed E-state index contributed by atoms with van der Waals surface area (Å²) in [7, 11) is 0. The smallest absolute Gasteiger partial charge is 0.307 e. The van der Waals surface area contributed by atoms with Gasteiger partial charge in [-0.15, -0.1) is 0 Å². The average molecular weight is 459 g/mol. The zero-order valence-electron chi connectivity index (χ0n) is 19.2. The minimum atomic E-state index is -1.37. The van der Waals surface area contributed by atoms with Crippen molar-refractivity contribution in [1.29, 1.82) is 0 Å². The minimum absolute atomic E-state index is 0.00907. The third-order valence-corrected chi connectivity index (χ3v) is 4.64. The molecule has 0 spiro atoms. The molecule has 5 atom stereocenters. The number of hydrogen-bond acceptors (Lipinski definition) is 10. The number of rotatable bonds is 11. The molecule has 32 heavy (non-hydrogen) atoms. The second kappa shape index (κ2) is 13.7. The summed E-state index contributed by atoms with van der Waals surface area (Å²) in [6.07, 6.45) is -4.70. The molecule has 11 heteroatoms. The average Bonchev–Trinajstić information content (AvgIpc) is 2.80. The Labute approximate surface area is 187 Å². The molecule has 0 bridgehead atoms. The van der Waals surface area contributed by atoms with Crippen LogP contribution >= 0.6 is 0 Å². The molecule has 0 aromatic heterocycles. The summed E-state index contributed by atoms with van der Waals surface area (Å²) in [5.41, 5.74) is 0. The quantitative estimate of drug-likeness (QED) is 0.353. The Morgan fingerprint density at radius 1 is 0.688 bits per heavy atom. The Morgan fingerprint density at radius 3 is 1.69 bits per heavy atom. The van der Waals surface area contributed by atoms with E-state index in [-0.39, 0.29) is 38.7 Å². The molecule has 1 N–H and O–H groups in total. The molecule has 1 aliphatic rings. The standard InChI is InChI=1S/C21H33NO10/c1-6-13(23)22-18-20(31-16(26)9-4)19(30-15(25)8-3)12(11-28-14(24)7-2)29-21(18)32-17(27)10-5/h12,18-21H,6-11H2,1-5H3,(H,22,23)/t12?,18?,19-,20-,21?/m1/s1. The molecular weight excluding hydrogens is 426 g/mol. The summed E-state index contributed by atoms with van der Waals surface area (Å²) < 4.78 is 27.3. The van der Waals surface area contributed by atoms with Crippen molar-refractivity contribution < 1.29 is 47.7 Å². The molecular formula is C21H33NO10. The Bertz CT molecular complexity index is 679. The van der Waals surface area contributed by atoms with Gasteiger partial charge in [-0.3, -0.25) is 24.0 Å². The van der Waals surface area contributed by atoms with Crippen LogP contribution in [-0.4, -0.2) is 67.0 Å². The molecule has 1 aliphatic heterocycles. The fourth-order valence-corrected chi connectivity index (χ4v) is 2.82. The molecule has 11 nitrogen and oxygen atoms in total. The van der Waals surface area contributed by atoms with Gasteiger partial charge < -0.3 is 29.0 Å². The molecule has 1 fully saturated rings. The van der Waals surface area contributed by atoms with Crippen molar-refractivity contribution in [1.82, 2.24) is 5.32 Å². The van der Waals surface area contributed by atoms with Crippen LogP contribution in [0.25, 0.3) is 0 Å². The zero-order chi connectivity index (χ0) is 24.3. The predicted octanol–water partition coefficient (Wildman–Crippen LogP) is 1.16. The first-order chi connectivity index (χ1) is 15.2. The van der Waals surface area contributed by atoms with Crippen LogP contribution in [0.2, 0.25) is 0 Å². The van der Waals surface area contributed by atoms with E-state index in [0.717, 1.165) is 0 Å². The maximum absolute atomic E-state index is 12.2. The van der Waals surface area contributed by atoms with Crippen LogP contribution in [0.15, 0.2) is 0 Å². The lowest BCUT2D eigenvalue weighted by Gasteiger charge is -2.44. The van der Waals surface area contributed by atoms with Crippen LogP contribution in [0.4, 0.5) is 0 Å². The van der Waals surface area contributed by atoms with E-state index in [1.54, 1.807) is 34.6 Å². The van der Waals surface area contributed by atoms with Crippen LogP contribution in [0, 0.1) is 0 Å². The summed E-state index contributed by atoms with van der Waals surface area (Å²) in [5.74, 6) is -2.83. The van der Waals surface area contributed by atoms with Crippen molar-refractivity contribution in [3.63, 3.8) is 0 Å². The highest BCUT2D eigenvalue weighted by Gasteiger charge is 2.52. The molecule has 0 aromatic carbocycles. The summed E-state index contributed by atoms with van der Waals surface area (Å²) in [6.45, 7) is 7.60. The number of carbonyl (C=O) groups is 5. The maximum Gasteiger partial charge on any atom is 0.307 e. The van der Waals surface area contributed by atoms with E-state index in [1.807, 2.05) is 0 Å². The lowest BCUT2D eigenvalue weighted by atomic mass is 9.95. The molecule has 3 unspecified atom stereocenters. The van der Waals surface area contributed by atoms with E-state index in [0.29, 0.717) is 0 Å². The summed E-state index contributed by atoms with van der Waals surface area (Å²) in [6, 6.07) is -1.15. The largest absolute Gasteiger partial charge is 0.463 e. The van der Waals surface area contributed by atoms with Gasteiger partial charge in [0.15, 0.2) is 12.2 Å². The van der Waals surface area contributed by atoms with Gasteiger partial charge in [-0.25, -0.2) is 0 Å². The van der Waals surface area contributed by atoms with Gasteiger partial charge in [-0.05, 0) is 0 Å². The topological polar surface area (TPSA) is 144 Å². The minimum Gasteiger partial charge on any atom is -0.463 e. The second-order valence-electron chi connectivity index (χ2n) is 6.99. The normalized spacial score (nSPS) is 24.7. The molecule has 1 amide bonds. The third kappa shape index (κ3) is 8.10. The lowest BCUT2D eigenvalue weighted by Crippen LogP contribution is -2.67. The van der Waals surface area contributed by atoms with Crippen molar-refractivity contribution in [3.8, 4) is 0 Å². The van der Waals surface area contributed by atoms with Crippen LogP contribution in [0.3, 0.4) is 0 Å². The number of esters is 4. The fourth-order valence-electron chi connectivity index (χ4n) is 2.82. The van der Waals surface area contributed by atoms with Crippen molar-refractivity contribution >= 4 is 29.8 Å². The summed E-state index contributed by atoms with van der Waals surface area (Å²) in [5, 5.41) is 2.63. The van der Waals surface area contributed by atoms with E-state index in [1.165, 1.54) is 0 Å². The van der Waals surface area contributed by atoms with Gasteiger partial charge in [0.2, 0.25) is 12.2 Å². The Morgan fingerprint density at radius 2 is 1.19 bits per heavy atom. The van der Waals surface area contributed by atoms with Crippen LogP contribution in [-0.2, 0) is 47.7 Å². The SMILES string of the molecule is CCC(=O)NC1C(OC(=O)CC)OC(COC(=O)CC)[C@@H](OC(=O)CC)[C@@H]1OC(=O)CC. The molecule has 1 heterocycles. The van der Waals surface area contributed by atoms with Crippen molar-refractivity contribution in [2.24, 2.45) is 0 Å². The van der Waals surface area contributed by atoms with Gasteiger partial charge >= 0.3 is 23.9 Å². The highest BCUT2D eigenvalue weighted by molar-refractivity contribution is 5.76. The second-order valence-corrected chi connectivity index (χ2v) is 6.99. The van der Waals surface area contributed by atoms with Crippen molar-refractivity contribution in [2.75, 3.05) is 6.61 Å². The Hall–Kier alpha value is -2.69. The van der Waals surface area contributed by atoms with E-state index in [9.17, 15) is 24.0 Å². The Kier molecular flexibility index (Phi) is 11.7. The first-order valence-electron chi connectivity index (χ1n) is 10.9. The predicted molar refractivity (Wildman–Crippen MR) is 109 cm³/mol. The van der Waals surface area contributed by atoms with E-state index in [4.69, 9.17) is 23.7 Å². The van der Waals surface area contributed by atoms with Gasteiger partial charge in [-0.2, -0.15) is 0 Å². The van der Waals surface area contributed by atoms with Gasteiger partial charge in [0.25, 0.3) is 0 Å². The Balaban J connectivity index is 3.40. The van der Waals surface area contributed by atoms with Gasteiger partial charge in [0.05, 0.1) is 0 Å². The van der Waals surface area contributed by atoms with Gasteiger partial charge in [0, 0.05) is 32.1 Å². The van der Waals surface area contributed by atoms with Gasteiger partial charge in [0.1, 0.15) is 18.8 Å². The zero-order valence-corrected chi connectivity index (χ0v) is 19.2.